The molecule has 0 aromatic carbocycles. The normalized spacial score (nSPS) is 18.8. The van der Waals surface area contributed by atoms with Crippen molar-refractivity contribution in [2.75, 3.05) is 39.8 Å². The van der Waals surface area contributed by atoms with Crippen LogP contribution in [0.2, 0.25) is 0 Å². The smallest absolute Gasteiger partial charge is 0.407 e. The minimum absolute atomic E-state index is 0. The lowest BCUT2D eigenvalue weighted by Gasteiger charge is -2.24. The molecule has 1 rings (SSSR count). The number of hydrogen-bond acceptors (Lipinski definition) is 4. The Balaban J connectivity index is 0.00000900. The largest absolute Gasteiger partial charge is 0.444 e. The average Bonchev–Trinajstić information content (AvgIpc) is 3.04. The van der Waals surface area contributed by atoms with E-state index in [0.29, 0.717) is 32.1 Å². The number of amides is 1. The molecule has 2 atom stereocenters. The number of aliphatic imine (C=N–C) groups is 1. The van der Waals surface area contributed by atoms with Gasteiger partial charge in [-0.05, 0) is 46.1 Å². The minimum atomic E-state index is -4.16. The SMILES string of the molecule is CCCCC(CNC(=O)OC(C)(C)C)NC(=NC)NCC1CCN(CC(F)(F)F)C1.I. The molecule has 0 aromatic rings. The molecule has 0 aromatic heterocycles. The summed E-state index contributed by atoms with van der Waals surface area (Å²) in [5.74, 6) is 0.719. The van der Waals surface area contributed by atoms with Crippen molar-refractivity contribution in [3.05, 3.63) is 0 Å². The quantitative estimate of drug-likeness (QED) is 0.226. The third kappa shape index (κ3) is 14.7. The summed E-state index contributed by atoms with van der Waals surface area (Å²) in [7, 11) is 1.65. The summed E-state index contributed by atoms with van der Waals surface area (Å²) >= 11 is 0. The van der Waals surface area contributed by atoms with Gasteiger partial charge in [-0.3, -0.25) is 9.89 Å². The van der Waals surface area contributed by atoms with Gasteiger partial charge in [-0.15, -0.1) is 24.0 Å². The van der Waals surface area contributed by atoms with E-state index in [1.807, 2.05) is 20.8 Å². The topological polar surface area (TPSA) is 78.0 Å². The fraction of sp³-hybridized carbons (Fsp3) is 0.900. The maximum atomic E-state index is 12.5. The van der Waals surface area contributed by atoms with E-state index in [2.05, 4.69) is 27.9 Å². The second kappa shape index (κ2) is 14.2. The summed E-state index contributed by atoms with van der Waals surface area (Å²) in [5.41, 5.74) is -0.560. The number of likely N-dealkylation sites (tertiary alicyclic amines) is 1. The molecule has 11 heteroatoms. The Bertz CT molecular complexity index is 556. The van der Waals surface area contributed by atoms with E-state index >= 15 is 0 Å². The highest BCUT2D eigenvalue weighted by Crippen LogP contribution is 2.22. The summed E-state index contributed by atoms with van der Waals surface area (Å²) in [6, 6.07) is -0.0334. The zero-order valence-electron chi connectivity index (χ0n) is 19.3. The molecule has 0 aliphatic carbocycles. The van der Waals surface area contributed by atoms with Crippen molar-refractivity contribution in [1.29, 1.82) is 0 Å². The van der Waals surface area contributed by atoms with Crippen LogP contribution in [0, 0.1) is 5.92 Å². The molecule has 0 saturated carbocycles. The van der Waals surface area contributed by atoms with Gasteiger partial charge in [0.2, 0.25) is 0 Å². The van der Waals surface area contributed by atoms with Crippen molar-refractivity contribution in [3.8, 4) is 0 Å². The zero-order valence-corrected chi connectivity index (χ0v) is 21.6. The van der Waals surface area contributed by atoms with Gasteiger partial charge >= 0.3 is 12.3 Å². The van der Waals surface area contributed by atoms with Crippen molar-refractivity contribution in [2.45, 2.75) is 71.2 Å². The minimum Gasteiger partial charge on any atom is -0.444 e. The Morgan fingerprint density at radius 1 is 1.26 bits per heavy atom. The van der Waals surface area contributed by atoms with Gasteiger partial charge in [-0.1, -0.05) is 19.8 Å². The second-order valence-electron chi connectivity index (χ2n) is 8.82. The molecule has 0 radical (unpaired) electrons. The van der Waals surface area contributed by atoms with Crippen molar-refractivity contribution < 1.29 is 22.7 Å². The number of guanidine groups is 1. The lowest BCUT2D eigenvalue weighted by molar-refractivity contribution is -0.143. The van der Waals surface area contributed by atoms with E-state index in [4.69, 9.17) is 4.74 Å². The summed E-state index contributed by atoms with van der Waals surface area (Å²) in [5, 5.41) is 9.30. The summed E-state index contributed by atoms with van der Waals surface area (Å²) in [6.45, 7) is 8.48. The molecular weight excluding hydrogens is 526 g/mol. The molecule has 2 unspecified atom stereocenters. The predicted octanol–water partition coefficient (Wildman–Crippen LogP) is 3.74. The molecule has 0 spiro atoms. The Hall–Kier alpha value is -0.980. The maximum absolute atomic E-state index is 12.5. The van der Waals surface area contributed by atoms with Crippen LogP contribution in [-0.2, 0) is 4.74 Å². The highest BCUT2D eigenvalue weighted by Gasteiger charge is 2.34. The molecule has 184 valence electrons. The number of nitrogens with one attached hydrogen (secondary N) is 3. The molecular formula is C20H39F3IN5O2. The molecule has 3 N–H and O–H groups in total. The Morgan fingerprint density at radius 3 is 2.48 bits per heavy atom. The molecule has 1 saturated heterocycles. The number of carbonyl (C=O) groups is 1. The Kier molecular flexibility index (Phi) is 13.8. The summed E-state index contributed by atoms with van der Waals surface area (Å²) in [6.07, 6.45) is -1.06. The molecule has 1 fully saturated rings. The number of carbonyl (C=O) groups excluding carboxylic acids is 1. The highest BCUT2D eigenvalue weighted by atomic mass is 127. The van der Waals surface area contributed by atoms with E-state index < -0.39 is 24.4 Å². The number of rotatable bonds is 9. The van der Waals surface area contributed by atoms with Crippen LogP contribution in [0.1, 0.15) is 53.4 Å². The number of alkyl halides is 3. The van der Waals surface area contributed by atoms with Gasteiger partial charge < -0.3 is 20.7 Å². The monoisotopic (exact) mass is 565 g/mol. The van der Waals surface area contributed by atoms with Crippen LogP contribution < -0.4 is 16.0 Å². The van der Waals surface area contributed by atoms with Crippen molar-refractivity contribution >= 4 is 36.0 Å². The van der Waals surface area contributed by atoms with Crippen molar-refractivity contribution in [3.63, 3.8) is 0 Å². The number of alkyl carbamates (subject to hydrolysis) is 1. The lowest BCUT2D eigenvalue weighted by atomic mass is 10.1. The molecule has 1 aliphatic rings. The predicted molar refractivity (Wildman–Crippen MR) is 128 cm³/mol. The standard InChI is InChI=1S/C20H38F3N5O2.HI/c1-6-7-8-16(12-26-18(29)30-19(2,3)4)27-17(24-5)25-11-15-9-10-28(13-15)14-20(21,22)23;/h15-16H,6-14H2,1-5H3,(H,26,29)(H2,24,25,27);1H. The van der Waals surface area contributed by atoms with Gasteiger partial charge in [0.1, 0.15) is 5.60 Å². The third-order valence-electron chi connectivity index (χ3n) is 4.69. The van der Waals surface area contributed by atoms with Gasteiger partial charge in [0.05, 0.1) is 6.54 Å². The van der Waals surface area contributed by atoms with Gasteiger partial charge in [-0.2, -0.15) is 13.2 Å². The van der Waals surface area contributed by atoms with Crippen molar-refractivity contribution in [2.24, 2.45) is 10.9 Å². The third-order valence-corrected chi connectivity index (χ3v) is 4.69. The molecule has 1 heterocycles. The van der Waals surface area contributed by atoms with Crippen LogP contribution in [0.4, 0.5) is 18.0 Å². The van der Waals surface area contributed by atoms with E-state index in [0.717, 1.165) is 25.7 Å². The van der Waals surface area contributed by atoms with Crippen LogP contribution in [0.3, 0.4) is 0 Å². The number of unbranched alkanes of at least 4 members (excludes halogenated alkanes) is 1. The molecule has 0 bridgehead atoms. The fourth-order valence-electron chi connectivity index (χ4n) is 3.30. The number of nitrogens with zero attached hydrogens (tertiary/aromatic N) is 2. The number of hydrogen-bond donors (Lipinski definition) is 3. The van der Waals surface area contributed by atoms with Crippen LogP contribution >= 0.6 is 24.0 Å². The van der Waals surface area contributed by atoms with E-state index in [1.54, 1.807) is 7.05 Å². The van der Waals surface area contributed by atoms with Crippen LogP contribution in [-0.4, -0.2) is 74.5 Å². The second-order valence-corrected chi connectivity index (χ2v) is 8.82. The average molecular weight is 565 g/mol. The van der Waals surface area contributed by atoms with Crippen LogP contribution in [0.5, 0.6) is 0 Å². The first-order valence-electron chi connectivity index (χ1n) is 10.6. The lowest BCUT2D eigenvalue weighted by Crippen LogP contribution is -2.49. The molecule has 7 nitrogen and oxygen atoms in total. The van der Waals surface area contributed by atoms with Gasteiger partial charge in [-0.25, -0.2) is 4.79 Å². The van der Waals surface area contributed by atoms with Gasteiger partial charge in [0, 0.05) is 32.7 Å². The Morgan fingerprint density at radius 2 is 1.94 bits per heavy atom. The van der Waals surface area contributed by atoms with Gasteiger partial charge in [0.25, 0.3) is 0 Å². The van der Waals surface area contributed by atoms with Gasteiger partial charge in [0.15, 0.2) is 5.96 Å². The first kappa shape index (κ1) is 30.0. The number of ether oxygens (including phenoxy) is 1. The maximum Gasteiger partial charge on any atom is 0.407 e. The first-order valence-corrected chi connectivity index (χ1v) is 10.6. The summed E-state index contributed by atoms with van der Waals surface area (Å²) < 4.78 is 42.9. The van der Waals surface area contributed by atoms with E-state index in [-0.39, 0.29) is 35.9 Å². The molecule has 1 amide bonds. The number of halogens is 4. The summed E-state index contributed by atoms with van der Waals surface area (Å²) in [4.78, 5) is 17.6. The van der Waals surface area contributed by atoms with Crippen LogP contribution in [0.25, 0.3) is 0 Å². The Labute approximate surface area is 201 Å². The van der Waals surface area contributed by atoms with E-state index in [1.165, 1.54) is 4.90 Å². The van der Waals surface area contributed by atoms with Crippen LogP contribution in [0.15, 0.2) is 4.99 Å². The van der Waals surface area contributed by atoms with Crippen molar-refractivity contribution in [1.82, 2.24) is 20.9 Å². The highest BCUT2D eigenvalue weighted by molar-refractivity contribution is 14.0. The molecule has 31 heavy (non-hydrogen) atoms. The zero-order chi connectivity index (χ0) is 22.8. The van der Waals surface area contributed by atoms with E-state index in [9.17, 15) is 18.0 Å². The fourth-order valence-corrected chi connectivity index (χ4v) is 3.30. The molecule has 1 aliphatic heterocycles. The first-order chi connectivity index (χ1) is 13.9.